The maximum Gasteiger partial charge on any atom is 0.161 e. The summed E-state index contributed by atoms with van der Waals surface area (Å²) in [5.41, 5.74) is 1.68. The number of piperidine rings is 1. The van der Waals surface area contributed by atoms with Crippen LogP contribution in [0, 0.1) is 0 Å². The summed E-state index contributed by atoms with van der Waals surface area (Å²) in [5.74, 6) is 0.0635. The third kappa shape index (κ3) is 2.75. The highest BCUT2D eigenvalue weighted by Crippen LogP contribution is 2.30. The Labute approximate surface area is 116 Å². The van der Waals surface area contributed by atoms with E-state index in [-0.39, 0.29) is 18.4 Å². The molecule has 0 aromatic heterocycles. The van der Waals surface area contributed by atoms with Crippen LogP contribution < -0.4 is 4.90 Å². The monoisotopic (exact) mass is 311 g/mol. The lowest BCUT2D eigenvalue weighted by molar-refractivity contribution is 0.101. The third-order valence-corrected chi connectivity index (χ3v) is 3.98. The van der Waals surface area contributed by atoms with E-state index in [0.29, 0.717) is 0 Å². The first-order valence-corrected chi connectivity index (χ1v) is 7.10. The molecule has 18 heavy (non-hydrogen) atoms. The normalized spacial score (nSPS) is 19.9. The van der Waals surface area contributed by atoms with Gasteiger partial charge in [-0.25, -0.2) is 0 Å². The Balaban J connectivity index is 2.39. The number of hydrogen-bond acceptors (Lipinski definition) is 3. The quantitative estimate of drug-likeness (QED) is 0.872. The fourth-order valence-corrected chi connectivity index (χ4v) is 2.91. The van der Waals surface area contributed by atoms with Crippen LogP contribution in [0.15, 0.2) is 22.7 Å². The highest BCUT2D eigenvalue weighted by atomic mass is 79.9. The van der Waals surface area contributed by atoms with Crippen LogP contribution >= 0.6 is 15.9 Å². The van der Waals surface area contributed by atoms with Crippen molar-refractivity contribution in [1.29, 1.82) is 0 Å². The van der Waals surface area contributed by atoms with Gasteiger partial charge in [-0.15, -0.1) is 0 Å². The van der Waals surface area contributed by atoms with E-state index in [9.17, 15) is 9.90 Å². The lowest BCUT2D eigenvalue weighted by Crippen LogP contribution is -2.42. The van der Waals surface area contributed by atoms with Gasteiger partial charge in [0.15, 0.2) is 5.78 Å². The van der Waals surface area contributed by atoms with Crippen molar-refractivity contribution < 1.29 is 9.90 Å². The molecule has 1 aromatic rings. The summed E-state index contributed by atoms with van der Waals surface area (Å²) in [6.45, 7) is 2.64. The van der Waals surface area contributed by atoms with Gasteiger partial charge in [-0.2, -0.15) is 0 Å². The van der Waals surface area contributed by atoms with Crippen LogP contribution in [0.5, 0.6) is 0 Å². The molecule has 0 bridgehead atoms. The Morgan fingerprint density at radius 2 is 2.28 bits per heavy atom. The van der Waals surface area contributed by atoms with Crippen molar-refractivity contribution in [2.75, 3.05) is 18.1 Å². The van der Waals surface area contributed by atoms with Crippen molar-refractivity contribution in [2.45, 2.75) is 32.2 Å². The molecule has 1 aromatic carbocycles. The lowest BCUT2D eigenvalue weighted by Gasteiger charge is -2.37. The maximum absolute atomic E-state index is 11.7. The van der Waals surface area contributed by atoms with Crippen LogP contribution in [-0.2, 0) is 0 Å². The van der Waals surface area contributed by atoms with E-state index in [1.165, 1.54) is 0 Å². The zero-order valence-electron chi connectivity index (χ0n) is 10.5. The van der Waals surface area contributed by atoms with E-state index in [2.05, 4.69) is 20.8 Å². The van der Waals surface area contributed by atoms with E-state index in [0.717, 1.165) is 41.5 Å². The predicted molar refractivity (Wildman–Crippen MR) is 76.2 cm³/mol. The first-order valence-electron chi connectivity index (χ1n) is 6.31. The Kier molecular flexibility index (Phi) is 4.40. The molecule has 1 unspecified atom stereocenters. The highest BCUT2D eigenvalue weighted by molar-refractivity contribution is 9.10. The van der Waals surface area contributed by atoms with Gasteiger partial charge < -0.3 is 10.0 Å². The Morgan fingerprint density at radius 3 is 2.94 bits per heavy atom. The number of aliphatic hydroxyl groups is 1. The van der Waals surface area contributed by atoms with Gasteiger partial charge in [0.1, 0.15) is 0 Å². The van der Waals surface area contributed by atoms with Gasteiger partial charge in [-0.05, 0) is 44.4 Å². The molecule has 1 aliphatic rings. The zero-order valence-corrected chi connectivity index (χ0v) is 12.1. The van der Waals surface area contributed by atoms with E-state index in [1.54, 1.807) is 6.92 Å². The minimum absolute atomic E-state index is 0.0635. The molecule has 98 valence electrons. The minimum Gasteiger partial charge on any atom is -0.394 e. The SMILES string of the molecule is CC(=O)c1cc(Br)ccc1N1CCCCC1CO. The average Bonchev–Trinajstić information content (AvgIpc) is 2.38. The molecular formula is C14H18BrNO2. The predicted octanol–water partition coefficient (Wildman–Crippen LogP) is 3.00. The number of hydrogen-bond donors (Lipinski definition) is 1. The number of halogens is 1. The van der Waals surface area contributed by atoms with Crippen LogP contribution in [-0.4, -0.2) is 30.1 Å². The number of ketones is 1. The topological polar surface area (TPSA) is 40.5 Å². The molecule has 0 radical (unpaired) electrons. The van der Waals surface area contributed by atoms with E-state index >= 15 is 0 Å². The molecule has 1 fully saturated rings. The second kappa shape index (κ2) is 5.85. The second-order valence-corrected chi connectivity index (χ2v) is 5.66. The number of rotatable bonds is 3. The van der Waals surface area contributed by atoms with Crippen LogP contribution in [0.1, 0.15) is 36.5 Å². The standard InChI is InChI=1S/C14H18BrNO2/c1-10(18)13-8-11(15)5-6-14(13)16-7-3-2-4-12(16)9-17/h5-6,8,12,17H,2-4,7,9H2,1H3. The summed E-state index contributed by atoms with van der Waals surface area (Å²) < 4.78 is 0.911. The largest absolute Gasteiger partial charge is 0.394 e. The molecule has 1 heterocycles. The zero-order chi connectivity index (χ0) is 13.1. The van der Waals surface area contributed by atoms with Gasteiger partial charge in [0.2, 0.25) is 0 Å². The number of aliphatic hydroxyl groups excluding tert-OH is 1. The summed E-state index contributed by atoms with van der Waals surface area (Å²) in [5, 5.41) is 9.47. The van der Waals surface area contributed by atoms with E-state index in [1.807, 2.05) is 18.2 Å². The lowest BCUT2D eigenvalue weighted by atomic mass is 9.99. The summed E-state index contributed by atoms with van der Waals surface area (Å²) in [6.07, 6.45) is 3.25. The van der Waals surface area contributed by atoms with Crippen molar-refractivity contribution in [3.8, 4) is 0 Å². The molecule has 3 nitrogen and oxygen atoms in total. The van der Waals surface area contributed by atoms with E-state index < -0.39 is 0 Å². The third-order valence-electron chi connectivity index (χ3n) is 3.49. The molecule has 0 saturated carbocycles. The van der Waals surface area contributed by atoms with Gasteiger partial charge in [-0.3, -0.25) is 4.79 Å². The molecule has 1 aliphatic heterocycles. The number of benzene rings is 1. The van der Waals surface area contributed by atoms with Crippen LogP contribution in [0.25, 0.3) is 0 Å². The van der Waals surface area contributed by atoms with Crippen LogP contribution in [0.3, 0.4) is 0 Å². The summed E-state index contributed by atoms with van der Waals surface area (Å²) in [6, 6.07) is 5.92. The maximum atomic E-state index is 11.7. The summed E-state index contributed by atoms with van der Waals surface area (Å²) in [4.78, 5) is 13.9. The number of anilines is 1. The average molecular weight is 312 g/mol. The highest BCUT2D eigenvalue weighted by Gasteiger charge is 2.24. The van der Waals surface area contributed by atoms with Crippen molar-refractivity contribution in [3.63, 3.8) is 0 Å². The number of carbonyl (C=O) groups excluding carboxylic acids is 1. The van der Waals surface area contributed by atoms with Gasteiger partial charge in [0, 0.05) is 22.3 Å². The fourth-order valence-electron chi connectivity index (χ4n) is 2.55. The van der Waals surface area contributed by atoms with Gasteiger partial charge in [-0.1, -0.05) is 15.9 Å². The minimum atomic E-state index is 0.0635. The first kappa shape index (κ1) is 13.6. The van der Waals surface area contributed by atoms with Crippen molar-refractivity contribution in [2.24, 2.45) is 0 Å². The van der Waals surface area contributed by atoms with Gasteiger partial charge in [0.25, 0.3) is 0 Å². The van der Waals surface area contributed by atoms with Crippen LogP contribution in [0.4, 0.5) is 5.69 Å². The van der Waals surface area contributed by atoms with Crippen LogP contribution in [0.2, 0.25) is 0 Å². The van der Waals surface area contributed by atoms with Crippen molar-refractivity contribution in [3.05, 3.63) is 28.2 Å². The second-order valence-electron chi connectivity index (χ2n) is 4.74. The molecular weight excluding hydrogens is 294 g/mol. The molecule has 1 N–H and O–H groups in total. The Hall–Kier alpha value is -0.870. The molecule has 2 rings (SSSR count). The molecule has 1 atom stereocenters. The van der Waals surface area contributed by atoms with Gasteiger partial charge in [0.05, 0.1) is 12.6 Å². The van der Waals surface area contributed by atoms with Crippen molar-refractivity contribution >= 4 is 27.4 Å². The molecule has 1 saturated heterocycles. The summed E-state index contributed by atoms with van der Waals surface area (Å²) in [7, 11) is 0. The smallest absolute Gasteiger partial charge is 0.161 e. The molecule has 0 amide bonds. The number of carbonyl (C=O) groups is 1. The Morgan fingerprint density at radius 1 is 1.50 bits per heavy atom. The fraction of sp³-hybridized carbons (Fsp3) is 0.500. The molecule has 0 aliphatic carbocycles. The first-order chi connectivity index (χ1) is 8.63. The number of Topliss-reactive ketones (excluding diaryl/α,β-unsaturated/α-hetero) is 1. The molecule has 0 spiro atoms. The summed E-state index contributed by atoms with van der Waals surface area (Å²) >= 11 is 3.40. The van der Waals surface area contributed by atoms with Gasteiger partial charge >= 0.3 is 0 Å². The van der Waals surface area contributed by atoms with Crippen molar-refractivity contribution in [1.82, 2.24) is 0 Å². The Bertz CT molecular complexity index is 447. The number of nitrogens with zero attached hydrogens (tertiary/aromatic N) is 1. The van der Waals surface area contributed by atoms with E-state index in [4.69, 9.17) is 0 Å². The molecule has 4 heteroatoms.